The summed E-state index contributed by atoms with van der Waals surface area (Å²) in [5.74, 6) is -0.415. The van der Waals surface area contributed by atoms with Crippen LogP contribution < -0.4 is 5.32 Å². The molecule has 5 nitrogen and oxygen atoms in total. The van der Waals surface area contributed by atoms with Gasteiger partial charge < -0.3 is 15.3 Å². The first-order valence-electron chi connectivity index (χ1n) is 6.40. The van der Waals surface area contributed by atoms with Crippen LogP contribution in [0.2, 0.25) is 0 Å². The van der Waals surface area contributed by atoms with E-state index in [9.17, 15) is 14.7 Å². The Kier molecular flexibility index (Phi) is 4.16. The van der Waals surface area contributed by atoms with Gasteiger partial charge in [0, 0.05) is 18.7 Å². The van der Waals surface area contributed by atoms with Crippen molar-refractivity contribution >= 4 is 11.8 Å². The van der Waals surface area contributed by atoms with Crippen molar-refractivity contribution < 1.29 is 14.7 Å². The van der Waals surface area contributed by atoms with Gasteiger partial charge in [-0.05, 0) is 25.5 Å². The SMILES string of the molecule is CC(NC(=O)c1ccccc1)C(=O)N1CCC(O)C1. The molecule has 2 unspecified atom stereocenters. The average Bonchev–Trinajstić information content (AvgIpc) is 2.85. The molecule has 0 spiro atoms. The predicted octanol–water partition coefficient (Wildman–Crippen LogP) is 0.398. The van der Waals surface area contributed by atoms with Crippen molar-refractivity contribution in [2.24, 2.45) is 0 Å². The van der Waals surface area contributed by atoms with Gasteiger partial charge in [-0.15, -0.1) is 0 Å². The number of benzene rings is 1. The molecule has 2 amide bonds. The fraction of sp³-hybridized carbons (Fsp3) is 0.429. The molecule has 1 saturated heterocycles. The predicted molar refractivity (Wildman–Crippen MR) is 70.6 cm³/mol. The van der Waals surface area contributed by atoms with Crippen LogP contribution >= 0.6 is 0 Å². The smallest absolute Gasteiger partial charge is 0.251 e. The fourth-order valence-corrected chi connectivity index (χ4v) is 2.15. The molecule has 1 heterocycles. The number of aliphatic hydroxyl groups excluding tert-OH is 1. The second kappa shape index (κ2) is 5.84. The number of nitrogens with one attached hydrogen (secondary N) is 1. The highest BCUT2D eigenvalue weighted by molar-refractivity contribution is 5.97. The van der Waals surface area contributed by atoms with Crippen molar-refractivity contribution in [2.75, 3.05) is 13.1 Å². The summed E-state index contributed by atoms with van der Waals surface area (Å²) in [4.78, 5) is 25.5. The maximum absolute atomic E-state index is 12.1. The number of likely N-dealkylation sites (tertiary alicyclic amines) is 1. The first-order chi connectivity index (χ1) is 9.08. The Balaban J connectivity index is 1.92. The van der Waals surface area contributed by atoms with Crippen LogP contribution in [0.1, 0.15) is 23.7 Å². The molecule has 1 aliphatic heterocycles. The fourth-order valence-electron chi connectivity index (χ4n) is 2.15. The van der Waals surface area contributed by atoms with Crippen molar-refractivity contribution in [3.8, 4) is 0 Å². The van der Waals surface area contributed by atoms with Gasteiger partial charge in [0.2, 0.25) is 5.91 Å². The maximum Gasteiger partial charge on any atom is 0.251 e. The molecule has 0 bridgehead atoms. The monoisotopic (exact) mass is 262 g/mol. The van der Waals surface area contributed by atoms with E-state index in [2.05, 4.69) is 5.32 Å². The van der Waals surface area contributed by atoms with E-state index in [0.29, 0.717) is 25.1 Å². The van der Waals surface area contributed by atoms with Crippen molar-refractivity contribution in [3.05, 3.63) is 35.9 Å². The molecule has 0 saturated carbocycles. The average molecular weight is 262 g/mol. The molecular formula is C14H18N2O3. The van der Waals surface area contributed by atoms with Gasteiger partial charge in [-0.3, -0.25) is 9.59 Å². The van der Waals surface area contributed by atoms with Crippen LogP contribution in [0.3, 0.4) is 0 Å². The molecule has 2 N–H and O–H groups in total. The van der Waals surface area contributed by atoms with Gasteiger partial charge in [0.1, 0.15) is 6.04 Å². The molecule has 0 radical (unpaired) electrons. The molecule has 1 aromatic rings. The standard InChI is InChI=1S/C14H18N2O3/c1-10(14(19)16-8-7-12(17)9-16)15-13(18)11-5-3-2-4-6-11/h2-6,10,12,17H,7-9H2,1H3,(H,15,18). The number of aliphatic hydroxyl groups is 1. The summed E-state index contributed by atoms with van der Waals surface area (Å²) in [5.41, 5.74) is 0.531. The van der Waals surface area contributed by atoms with Crippen LogP contribution in [0.25, 0.3) is 0 Å². The van der Waals surface area contributed by atoms with Crippen LogP contribution in [0, 0.1) is 0 Å². The third-order valence-corrected chi connectivity index (χ3v) is 3.23. The Morgan fingerprint density at radius 1 is 1.37 bits per heavy atom. The van der Waals surface area contributed by atoms with Gasteiger partial charge in [0.05, 0.1) is 6.10 Å². The van der Waals surface area contributed by atoms with E-state index in [-0.39, 0.29) is 11.8 Å². The highest BCUT2D eigenvalue weighted by Crippen LogP contribution is 2.10. The van der Waals surface area contributed by atoms with Crippen LogP contribution in [0.15, 0.2) is 30.3 Å². The van der Waals surface area contributed by atoms with Gasteiger partial charge in [0.25, 0.3) is 5.91 Å². The number of carbonyl (C=O) groups is 2. The first-order valence-corrected chi connectivity index (χ1v) is 6.40. The molecule has 0 aromatic heterocycles. The zero-order chi connectivity index (χ0) is 13.8. The zero-order valence-corrected chi connectivity index (χ0v) is 10.9. The Morgan fingerprint density at radius 3 is 2.63 bits per heavy atom. The van der Waals surface area contributed by atoms with E-state index in [1.165, 1.54) is 0 Å². The summed E-state index contributed by atoms with van der Waals surface area (Å²) in [6, 6.07) is 8.20. The Bertz CT molecular complexity index is 461. The number of carbonyl (C=O) groups excluding carboxylic acids is 2. The molecule has 1 aliphatic rings. The topological polar surface area (TPSA) is 69.6 Å². The normalized spacial score (nSPS) is 20.1. The molecule has 1 aromatic carbocycles. The summed E-state index contributed by atoms with van der Waals surface area (Å²) in [7, 11) is 0. The van der Waals surface area contributed by atoms with Gasteiger partial charge in [0.15, 0.2) is 0 Å². The second-order valence-electron chi connectivity index (χ2n) is 4.79. The van der Waals surface area contributed by atoms with Crippen molar-refractivity contribution in [1.82, 2.24) is 10.2 Å². The highest BCUT2D eigenvalue weighted by Gasteiger charge is 2.28. The van der Waals surface area contributed by atoms with Crippen LogP contribution in [0.4, 0.5) is 0 Å². The molecule has 1 fully saturated rings. The first kappa shape index (κ1) is 13.5. The molecule has 19 heavy (non-hydrogen) atoms. The van der Waals surface area contributed by atoms with E-state index in [0.717, 1.165) is 0 Å². The lowest BCUT2D eigenvalue weighted by Crippen LogP contribution is -2.46. The third-order valence-electron chi connectivity index (χ3n) is 3.23. The minimum Gasteiger partial charge on any atom is -0.391 e. The van der Waals surface area contributed by atoms with Gasteiger partial charge in [-0.1, -0.05) is 18.2 Å². The minimum atomic E-state index is -0.585. The summed E-state index contributed by atoms with van der Waals surface area (Å²) >= 11 is 0. The third kappa shape index (κ3) is 3.32. The van der Waals surface area contributed by atoms with Gasteiger partial charge >= 0.3 is 0 Å². The van der Waals surface area contributed by atoms with E-state index < -0.39 is 12.1 Å². The summed E-state index contributed by atoms with van der Waals surface area (Å²) < 4.78 is 0. The van der Waals surface area contributed by atoms with Crippen molar-refractivity contribution in [1.29, 1.82) is 0 Å². The number of hydrogen-bond donors (Lipinski definition) is 2. The molecule has 2 rings (SSSR count). The highest BCUT2D eigenvalue weighted by atomic mass is 16.3. The number of β-amino-alcohol motifs (C(OH)–C–C–N with tert-alkyl or cyclic N) is 1. The van der Waals surface area contributed by atoms with E-state index in [1.807, 2.05) is 6.07 Å². The maximum atomic E-state index is 12.1. The Labute approximate surface area is 112 Å². The number of hydrogen-bond acceptors (Lipinski definition) is 3. The quantitative estimate of drug-likeness (QED) is 0.828. The van der Waals surface area contributed by atoms with E-state index in [1.54, 1.807) is 36.1 Å². The lowest BCUT2D eigenvalue weighted by atomic mass is 10.2. The van der Waals surface area contributed by atoms with Crippen LogP contribution in [0.5, 0.6) is 0 Å². The van der Waals surface area contributed by atoms with Crippen molar-refractivity contribution in [2.45, 2.75) is 25.5 Å². The molecule has 0 aliphatic carbocycles. The van der Waals surface area contributed by atoms with E-state index >= 15 is 0 Å². The number of rotatable bonds is 3. The molecule has 2 atom stereocenters. The van der Waals surface area contributed by atoms with Crippen LogP contribution in [-0.4, -0.2) is 47.1 Å². The van der Waals surface area contributed by atoms with Gasteiger partial charge in [-0.2, -0.15) is 0 Å². The van der Waals surface area contributed by atoms with E-state index in [4.69, 9.17) is 0 Å². The number of nitrogens with zero attached hydrogens (tertiary/aromatic N) is 1. The van der Waals surface area contributed by atoms with Crippen molar-refractivity contribution in [3.63, 3.8) is 0 Å². The van der Waals surface area contributed by atoms with Gasteiger partial charge in [-0.25, -0.2) is 0 Å². The lowest BCUT2D eigenvalue weighted by Gasteiger charge is -2.21. The Hall–Kier alpha value is -1.88. The summed E-state index contributed by atoms with van der Waals surface area (Å²) in [6.45, 7) is 2.56. The number of amides is 2. The molecule has 5 heteroatoms. The Morgan fingerprint density at radius 2 is 2.05 bits per heavy atom. The van der Waals surface area contributed by atoms with Crippen LogP contribution in [-0.2, 0) is 4.79 Å². The summed E-state index contributed by atoms with van der Waals surface area (Å²) in [5, 5.41) is 12.1. The largest absolute Gasteiger partial charge is 0.391 e. The molecule has 102 valence electrons. The minimum absolute atomic E-state index is 0.152. The lowest BCUT2D eigenvalue weighted by molar-refractivity contribution is -0.132. The second-order valence-corrected chi connectivity index (χ2v) is 4.79. The zero-order valence-electron chi connectivity index (χ0n) is 10.9. The molecular weight excluding hydrogens is 244 g/mol. The summed E-state index contributed by atoms with van der Waals surface area (Å²) in [6.07, 6.45) is 0.159.